The van der Waals surface area contributed by atoms with Crippen LogP contribution in [0.15, 0.2) is 24.3 Å². The van der Waals surface area contributed by atoms with Gasteiger partial charge in [0, 0.05) is 6.42 Å². The Morgan fingerprint density at radius 3 is 2.39 bits per heavy atom. The number of carbonyl (C=O) groups is 2. The van der Waals surface area contributed by atoms with E-state index in [0.717, 1.165) is 5.56 Å². The van der Waals surface area contributed by atoms with Crippen molar-refractivity contribution >= 4 is 29.3 Å². The standard InChI is InChI=1S/C14H17NO2S/c1-9(2)18-12-8-13(16)15(14(12)17)11-6-4-10(3)5-7-11/h4-7,9,12H,8H2,1-3H3. The lowest BCUT2D eigenvalue weighted by molar-refractivity contribution is -0.121. The van der Waals surface area contributed by atoms with E-state index < -0.39 is 0 Å². The van der Waals surface area contributed by atoms with Crippen LogP contribution in [0.5, 0.6) is 0 Å². The molecule has 1 atom stereocenters. The number of amides is 2. The summed E-state index contributed by atoms with van der Waals surface area (Å²) in [6.07, 6.45) is 0.315. The van der Waals surface area contributed by atoms with E-state index in [0.29, 0.717) is 17.4 Å². The zero-order valence-electron chi connectivity index (χ0n) is 10.8. The highest BCUT2D eigenvalue weighted by Crippen LogP contribution is 2.31. The molecule has 1 aliphatic heterocycles. The van der Waals surface area contributed by atoms with E-state index >= 15 is 0 Å². The zero-order chi connectivity index (χ0) is 13.3. The summed E-state index contributed by atoms with van der Waals surface area (Å²) in [5.74, 6) is -0.176. The van der Waals surface area contributed by atoms with Gasteiger partial charge in [-0.15, -0.1) is 11.8 Å². The minimum Gasteiger partial charge on any atom is -0.274 e. The highest BCUT2D eigenvalue weighted by Gasteiger charge is 2.40. The van der Waals surface area contributed by atoms with Crippen molar-refractivity contribution in [1.82, 2.24) is 0 Å². The molecule has 1 unspecified atom stereocenters. The summed E-state index contributed by atoms with van der Waals surface area (Å²) in [5, 5.41) is 0.128. The lowest BCUT2D eigenvalue weighted by atomic mass is 10.2. The maximum atomic E-state index is 12.2. The first-order valence-electron chi connectivity index (χ1n) is 6.08. The number of anilines is 1. The second-order valence-corrected chi connectivity index (χ2v) is 6.56. The molecule has 1 aromatic rings. The second-order valence-electron chi connectivity index (χ2n) is 4.78. The fraction of sp³-hybridized carbons (Fsp3) is 0.429. The molecule has 0 aliphatic carbocycles. The van der Waals surface area contributed by atoms with Gasteiger partial charge in [0.15, 0.2) is 0 Å². The second kappa shape index (κ2) is 5.14. The average molecular weight is 263 g/mol. The Bertz CT molecular complexity index is 467. The van der Waals surface area contributed by atoms with E-state index in [4.69, 9.17) is 0 Å². The Labute approximate surface area is 112 Å². The first-order valence-corrected chi connectivity index (χ1v) is 7.02. The highest BCUT2D eigenvalue weighted by molar-refractivity contribution is 8.01. The summed E-state index contributed by atoms with van der Waals surface area (Å²) in [6, 6.07) is 7.48. The number of carbonyl (C=O) groups excluding carboxylic acids is 2. The molecule has 0 N–H and O–H groups in total. The SMILES string of the molecule is Cc1ccc(N2C(=O)CC(SC(C)C)C2=O)cc1. The van der Waals surface area contributed by atoms with Crippen LogP contribution in [0.2, 0.25) is 0 Å². The number of hydrogen-bond donors (Lipinski definition) is 0. The molecule has 96 valence electrons. The normalized spacial score (nSPS) is 20.0. The van der Waals surface area contributed by atoms with Crippen molar-refractivity contribution in [2.75, 3.05) is 4.90 Å². The Kier molecular flexibility index (Phi) is 3.76. The monoisotopic (exact) mass is 263 g/mol. The van der Waals surface area contributed by atoms with Gasteiger partial charge in [-0.2, -0.15) is 0 Å². The van der Waals surface area contributed by atoms with Gasteiger partial charge >= 0.3 is 0 Å². The molecule has 4 heteroatoms. The Morgan fingerprint density at radius 1 is 1.22 bits per heavy atom. The first-order chi connectivity index (χ1) is 8.49. The quantitative estimate of drug-likeness (QED) is 0.787. The van der Waals surface area contributed by atoms with E-state index in [2.05, 4.69) is 0 Å². The molecule has 18 heavy (non-hydrogen) atoms. The number of benzene rings is 1. The van der Waals surface area contributed by atoms with Crippen molar-refractivity contribution in [2.24, 2.45) is 0 Å². The molecule has 0 aromatic heterocycles. The molecule has 2 rings (SSSR count). The van der Waals surface area contributed by atoms with Gasteiger partial charge in [-0.1, -0.05) is 31.5 Å². The van der Waals surface area contributed by atoms with Crippen molar-refractivity contribution in [2.45, 2.75) is 37.7 Å². The summed E-state index contributed by atoms with van der Waals surface area (Å²) >= 11 is 1.56. The molecule has 0 bridgehead atoms. The summed E-state index contributed by atoms with van der Waals surface area (Å²) in [5.41, 5.74) is 1.80. The van der Waals surface area contributed by atoms with Crippen LogP contribution in [0.25, 0.3) is 0 Å². The molecular formula is C14H17NO2S. The maximum Gasteiger partial charge on any atom is 0.247 e. The van der Waals surface area contributed by atoms with Crippen molar-refractivity contribution in [3.63, 3.8) is 0 Å². The van der Waals surface area contributed by atoms with Gasteiger partial charge in [-0.3, -0.25) is 9.59 Å². The van der Waals surface area contributed by atoms with E-state index in [1.54, 1.807) is 11.8 Å². The molecule has 1 heterocycles. The van der Waals surface area contributed by atoms with Crippen LogP contribution in [0.4, 0.5) is 5.69 Å². The van der Waals surface area contributed by atoms with Crippen LogP contribution >= 0.6 is 11.8 Å². The summed E-state index contributed by atoms with van der Waals surface area (Å²) in [4.78, 5) is 25.5. The van der Waals surface area contributed by atoms with E-state index in [9.17, 15) is 9.59 Å². The number of hydrogen-bond acceptors (Lipinski definition) is 3. The Balaban J connectivity index is 2.21. The lowest BCUT2D eigenvalue weighted by Gasteiger charge is -2.15. The van der Waals surface area contributed by atoms with Crippen LogP contribution in [-0.4, -0.2) is 22.3 Å². The third-order valence-electron chi connectivity index (χ3n) is 2.83. The van der Waals surface area contributed by atoms with Gasteiger partial charge in [0.2, 0.25) is 11.8 Å². The summed E-state index contributed by atoms with van der Waals surface area (Å²) in [6.45, 7) is 6.06. The van der Waals surface area contributed by atoms with Crippen LogP contribution in [0.1, 0.15) is 25.8 Å². The maximum absolute atomic E-state index is 12.2. The van der Waals surface area contributed by atoms with E-state index in [1.165, 1.54) is 4.90 Å². The predicted molar refractivity (Wildman–Crippen MR) is 74.8 cm³/mol. The van der Waals surface area contributed by atoms with Gasteiger partial charge in [0.05, 0.1) is 10.9 Å². The molecular weight excluding hydrogens is 246 g/mol. The molecule has 3 nitrogen and oxygen atoms in total. The fourth-order valence-electron chi connectivity index (χ4n) is 2.00. The molecule has 1 aliphatic rings. The number of aryl methyl sites for hydroxylation is 1. The van der Waals surface area contributed by atoms with Gasteiger partial charge < -0.3 is 0 Å². The topological polar surface area (TPSA) is 37.4 Å². The smallest absolute Gasteiger partial charge is 0.247 e. The van der Waals surface area contributed by atoms with Crippen LogP contribution in [0, 0.1) is 6.92 Å². The van der Waals surface area contributed by atoms with Gasteiger partial charge in [0.1, 0.15) is 0 Å². The molecule has 1 aromatic carbocycles. The van der Waals surface area contributed by atoms with Gasteiger partial charge in [0.25, 0.3) is 0 Å². The minimum atomic E-state index is -0.223. The minimum absolute atomic E-state index is 0.0810. The third kappa shape index (κ3) is 2.58. The molecule has 0 saturated carbocycles. The van der Waals surface area contributed by atoms with Crippen LogP contribution in [0.3, 0.4) is 0 Å². The number of imide groups is 1. The molecule has 1 fully saturated rings. The van der Waals surface area contributed by atoms with Gasteiger partial charge in [-0.05, 0) is 24.3 Å². The highest BCUT2D eigenvalue weighted by atomic mass is 32.2. The fourth-order valence-corrected chi connectivity index (χ4v) is 3.12. The average Bonchev–Trinajstić information content (AvgIpc) is 2.55. The van der Waals surface area contributed by atoms with Crippen molar-refractivity contribution in [3.05, 3.63) is 29.8 Å². The Hall–Kier alpha value is -1.29. The number of thioether (sulfide) groups is 1. The third-order valence-corrected chi connectivity index (χ3v) is 4.08. The van der Waals surface area contributed by atoms with Crippen molar-refractivity contribution in [1.29, 1.82) is 0 Å². The Morgan fingerprint density at radius 2 is 1.83 bits per heavy atom. The zero-order valence-corrected chi connectivity index (χ0v) is 11.7. The first kappa shape index (κ1) is 13.1. The number of nitrogens with zero attached hydrogens (tertiary/aromatic N) is 1. The number of rotatable bonds is 3. The van der Waals surface area contributed by atoms with E-state index in [-0.39, 0.29) is 17.1 Å². The largest absolute Gasteiger partial charge is 0.274 e. The predicted octanol–water partition coefficient (Wildman–Crippen LogP) is 2.77. The summed E-state index contributed by atoms with van der Waals surface area (Å²) < 4.78 is 0. The molecule has 0 radical (unpaired) electrons. The molecule has 1 saturated heterocycles. The lowest BCUT2D eigenvalue weighted by Crippen LogP contribution is -2.31. The van der Waals surface area contributed by atoms with Crippen LogP contribution in [-0.2, 0) is 9.59 Å². The summed E-state index contributed by atoms with van der Waals surface area (Å²) in [7, 11) is 0. The van der Waals surface area contributed by atoms with Crippen molar-refractivity contribution < 1.29 is 9.59 Å². The molecule has 0 spiro atoms. The van der Waals surface area contributed by atoms with E-state index in [1.807, 2.05) is 45.0 Å². The van der Waals surface area contributed by atoms with Crippen LogP contribution < -0.4 is 4.90 Å². The molecule has 2 amide bonds. The van der Waals surface area contributed by atoms with Crippen molar-refractivity contribution in [3.8, 4) is 0 Å². The van der Waals surface area contributed by atoms with Gasteiger partial charge in [-0.25, -0.2) is 4.90 Å².